The van der Waals surface area contributed by atoms with Crippen LogP contribution >= 0.6 is 11.6 Å². The average Bonchev–Trinajstić information content (AvgIpc) is 2.72. The molecule has 6 heteroatoms. The molecule has 90 valence electrons. The first kappa shape index (κ1) is 11.9. The van der Waals surface area contributed by atoms with Gasteiger partial charge in [-0.1, -0.05) is 11.2 Å². The number of hydrogen-bond donors (Lipinski definition) is 1. The second kappa shape index (κ2) is 4.71. The number of anilines is 2. The van der Waals surface area contributed by atoms with Crippen LogP contribution in [0.15, 0.2) is 22.6 Å². The summed E-state index contributed by atoms with van der Waals surface area (Å²) in [5.74, 6) is -0.00762. The van der Waals surface area contributed by atoms with Crippen LogP contribution in [0.25, 0.3) is 0 Å². The molecule has 2 aromatic rings. The normalized spacial score (nSPS) is 12.5. The topological polar surface area (TPSA) is 51.0 Å². The van der Waals surface area contributed by atoms with Gasteiger partial charge < -0.3 is 9.73 Å². The molecule has 0 bridgehead atoms. The van der Waals surface area contributed by atoms with Crippen LogP contribution in [0.4, 0.5) is 16.1 Å². The molecule has 0 aliphatic heterocycles. The zero-order valence-electron chi connectivity index (χ0n) is 9.37. The first-order valence-electron chi connectivity index (χ1n) is 5.07. The number of alkyl halides is 1. The van der Waals surface area contributed by atoms with E-state index in [1.807, 2.05) is 6.92 Å². The maximum atomic E-state index is 13.1. The van der Waals surface area contributed by atoms with Crippen LogP contribution in [0.2, 0.25) is 0 Å². The summed E-state index contributed by atoms with van der Waals surface area (Å²) in [7, 11) is 0. The van der Waals surface area contributed by atoms with Crippen LogP contribution in [0.1, 0.15) is 23.8 Å². The van der Waals surface area contributed by atoms with Crippen molar-refractivity contribution in [3.63, 3.8) is 0 Å². The molecule has 0 fully saturated rings. The van der Waals surface area contributed by atoms with Crippen LogP contribution < -0.4 is 5.32 Å². The Labute approximate surface area is 103 Å². The van der Waals surface area contributed by atoms with Gasteiger partial charge in [-0.2, -0.15) is 0 Å². The number of halogens is 2. The fourth-order valence-corrected chi connectivity index (χ4v) is 1.38. The summed E-state index contributed by atoms with van der Waals surface area (Å²) in [6.45, 7) is 3.58. The summed E-state index contributed by atoms with van der Waals surface area (Å²) in [6, 6.07) is 4.62. The molecule has 1 aromatic carbocycles. The molecular weight excluding hydrogens is 245 g/mol. The molecule has 1 heterocycles. The Morgan fingerprint density at radius 2 is 2.18 bits per heavy atom. The molecule has 0 saturated heterocycles. The molecule has 1 N–H and O–H groups in total. The number of nitrogens with zero attached hydrogens (tertiary/aromatic N) is 2. The Morgan fingerprint density at radius 1 is 1.41 bits per heavy atom. The Balaban J connectivity index is 2.22. The van der Waals surface area contributed by atoms with Gasteiger partial charge in [0.1, 0.15) is 11.2 Å². The van der Waals surface area contributed by atoms with E-state index in [9.17, 15) is 4.39 Å². The van der Waals surface area contributed by atoms with Gasteiger partial charge in [0.05, 0.1) is 0 Å². The minimum absolute atomic E-state index is 0.196. The van der Waals surface area contributed by atoms with Gasteiger partial charge in [0, 0.05) is 5.69 Å². The van der Waals surface area contributed by atoms with Gasteiger partial charge in [-0.3, -0.25) is 0 Å². The summed E-state index contributed by atoms with van der Waals surface area (Å²) in [5.41, 5.74) is 1.47. The summed E-state index contributed by atoms with van der Waals surface area (Å²) >= 11 is 5.79. The van der Waals surface area contributed by atoms with Crippen molar-refractivity contribution in [3.05, 3.63) is 35.5 Å². The highest BCUT2D eigenvalue weighted by molar-refractivity contribution is 6.20. The predicted octanol–water partition coefficient (Wildman–Crippen LogP) is 3.56. The van der Waals surface area contributed by atoms with E-state index in [0.717, 1.165) is 5.56 Å². The number of benzene rings is 1. The van der Waals surface area contributed by atoms with Crippen molar-refractivity contribution in [2.45, 2.75) is 19.2 Å². The van der Waals surface area contributed by atoms with E-state index >= 15 is 0 Å². The number of hydrogen-bond acceptors (Lipinski definition) is 4. The third-order valence-electron chi connectivity index (χ3n) is 2.22. The summed E-state index contributed by atoms with van der Waals surface area (Å²) in [6.07, 6.45) is 0. The minimum Gasteiger partial charge on any atom is -0.406 e. The van der Waals surface area contributed by atoms with Gasteiger partial charge in [-0.25, -0.2) is 4.39 Å². The van der Waals surface area contributed by atoms with E-state index in [1.165, 1.54) is 12.1 Å². The molecular formula is C11H11ClFN3O. The van der Waals surface area contributed by atoms with Crippen molar-refractivity contribution in [3.8, 4) is 0 Å². The Bertz CT molecular complexity index is 527. The van der Waals surface area contributed by atoms with Crippen LogP contribution in [0.3, 0.4) is 0 Å². The minimum atomic E-state index is -0.355. The molecule has 0 amide bonds. The lowest BCUT2D eigenvalue weighted by atomic mass is 10.2. The monoisotopic (exact) mass is 255 g/mol. The lowest BCUT2D eigenvalue weighted by molar-refractivity contribution is 0.509. The Hall–Kier alpha value is -1.62. The maximum absolute atomic E-state index is 13.1. The van der Waals surface area contributed by atoms with E-state index in [4.69, 9.17) is 16.0 Å². The summed E-state index contributed by atoms with van der Waals surface area (Å²) in [5, 5.41) is 10.0. The molecule has 1 unspecified atom stereocenters. The molecule has 1 atom stereocenters. The SMILES string of the molecule is Cc1ccc(F)cc1Nc1nnc(C(C)Cl)o1. The summed E-state index contributed by atoms with van der Waals surface area (Å²) in [4.78, 5) is 0. The van der Waals surface area contributed by atoms with Gasteiger partial charge in [0.15, 0.2) is 0 Å². The fraction of sp³-hybridized carbons (Fsp3) is 0.273. The highest BCUT2D eigenvalue weighted by atomic mass is 35.5. The van der Waals surface area contributed by atoms with Crippen LogP contribution in [-0.2, 0) is 0 Å². The van der Waals surface area contributed by atoms with Crippen LogP contribution in [-0.4, -0.2) is 10.2 Å². The van der Waals surface area contributed by atoms with Crippen molar-refractivity contribution in [2.24, 2.45) is 0 Å². The smallest absolute Gasteiger partial charge is 0.320 e. The van der Waals surface area contributed by atoms with E-state index < -0.39 is 0 Å². The fourth-order valence-electron chi connectivity index (χ4n) is 1.29. The summed E-state index contributed by atoms with van der Waals surface area (Å²) < 4.78 is 18.3. The molecule has 0 aliphatic carbocycles. The molecule has 0 saturated carbocycles. The first-order valence-corrected chi connectivity index (χ1v) is 5.50. The second-order valence-electron chi connectivity index (χ2n) is 3.65. The third kappa shape index (κ3) is 2.74. The van der Waals surface area contributed by atoms with E-state index in [2.05, 4.69) is 15.5 Å². The van der Waals surface area contributed by atoms with Gasteiger partial charge in [0.25, 0.3) is 0 Å². The van der Waals surface area contributed by atoms with Crippen molar-refractivity contribution >= 4 is 23.3 Å². The molecule has 4 nitrogen and oxygen atoms in total. The first-order chi connectivity index (χ1) is 8.06. The molecule has 0 aliphatic rings. The molecule has 2 rings (SSSR count). The van der Waals surface area contributed by atoms with Crippen LogP contribution in [0.5, 0.6) is 0 Å². The highest BCUT2D eigenvalue weighted by Gasteiger charge is 2.11. The van der Waals surface area contributed by atoms with E-state index in [1.54, 1.807) is 13.0 Å². The quantitative estimate of drug-likeness (QED) is 0.852. The van der Waals surface area contributed by atoms with Crippen molar-refractivity contribution in [1.29, 1.82) is 0 Å². The molecule has 0 radical (unpaired) electrons. The second-order valence-corrected chi connectivity index (χ2v) is 4.30. The molecule has 0 spiro atoms. The van der Waals surface area contributed by atoms with Crippen molar-refractivity contribution < 1.29 is 8.81 Å². The van der Waals surface area contributed by atoms with Gasteiger partial charge in [-0.05, 0) is 31.5 Å². The van der Waals surface area contributed by atoms with Crippen molar-refractivity contribution in [2.75, 3.05) is 5.32 Å². The largest absolute Gasteiger partial charge is 0.406 e. The Kier molecular flexibility index (Phi) is 3.28. The third-order valence-corrected chi connectivity index (χ3v) is 2.41. The Morgan fingerprint density at radius 3 is 2.82 bits per heavy atom. The predicted molar refractivity (Wildman–Crippen MR) is 63.0 cm³/mol. The van der Waals surface area contributed by atoms with E-state index in [-0.39, 0.29) is 17.2 Å². The maximum Gasteiger partial charge on any atom is 0.320 e. The van der Waals surface area contributed by atoms with Gasteiger partial charge in [0.2, 0.25) is 5.89 Å². The number of aryl methyl sites for hydroxylation is 1. The lowest BCUT2D eigenvalue weighted by Crippen LogP contribution is -1.94. The van der Waals surface area contributed by atoms with Gasteiger partial charge in [-0.15, -0.1) is 16.7 Å². The average molecular weight is 256 g/mol. The van der Waals surface area contributed by atoms with Crippen molar-refractivity contribution in [1.82, 2.24) is 10.2 Å². The number of rotatable bonds is 3. The zero-order valence-corrected chi connectivity index (χ0v) is 10.1. The number of aromatic nitrogens is 2. The lowest BCUT2D eigenvalue weighted by Gasteiger charge is -2.05. The highest BCUT2D eigenvalue weighted by Crippen LogP contribution is 2.23. The molecule has 17 heavy (non-hydrogen) atoms. The van der Waals surface area contributed by atoms with E-state index in [0.29, 0.717) is 11.6 Å². The van der Waals surface area contributed by atoms with Crippen LogP contribution in [0, 0.1) is 12.7 Å². The molecule has 1 aromatic heterocycles. The standard InChI is InChI=1S/C11H11ClFN3O/c1-6-3-4-8(13)5-9(6)14-11-16-15-10(17-11)7(2)12/h3-5,7H,1-2H3,(H,14,16). The zero-order chi connectivity index (χ0) is 12.4. The number of nitrogens with one attached hydrogen (secondary N) is 1. The van der Waals surface area contributed by atoms with Gasteiger partial charge >= 0.3 is 6.01 Å².